The molecule has 6 heteroatoms. The highest BCUT2D eigenvalue weighted by atomic mass is 15.2. The van der Waals surface area contributed by atoms with Gasteiger partial charge in [-0.15, -0.1) is 0 Å². The van der Waals surface area contributed by atoms with Gasteiger partial charge in [-0.3, -0.25) is 5.10 Å². The number of hydrogen-bond donors (Lipinski definition) is 3. The fourth-order valence-corrected chi connectivity index (χ4v) is 1.54. The Kier molecular flexibility index (Phi) is 2.11. The second kappa shape index (κ2) is 3.75. The van der Waals surface area contributed by atoms with Gasteiger partial charge in [-0.25, -0.2) is 4.98 Å². The number of nitrogens with one attached hydrogen (secondary N) is 2. The Morgan fingerprint density at radius 1 is 1.18 bits per heavy atom. The summed E-state index contributed by atoms with van der Waals surface area (Å²) in [4.78, 5) is 8.44. The summed E-state index contributed by atoms with van der Waals surface area (Å²) in [6.07, 6.45) is 1.65. The van der Waals surface area contributed by atoms with Crippen LogP contribution in [0.4, 0.5) is 17.5 Å². The Bertz CT molecular complexity index is 645. The van der Waals surface area contributed by atoms with E-state index in [1.165, 1.54) is 0 Å². The predicted molar refractivity (Wildman–Crippen MR) is 65.8 cm³/mol. The lowest BCUT2D eigenvalue weighted by Crippen LogP contribution is -1.96. The Labute approximate surface area is 96.9 Å². The van der Waals surface area contributed by atoms with Crippen LogP contribution in [0, 0.1) is 0 Å². The van der Waals surface area contributed by atoms with E-state index in [2.05, 4.69) is 25.5 Å². The smallest absolute Gasteiger partial charge is 0.229 e. The molecule has 0 aliphatic carbocycles. The van der Waals surface area contributed by atoms with Crippen LogP contribution in [0.5, 0.6) is 0 Å². The number of fused-ring (bicyclic) bond motifs is 1. The maximum atomic E-state index is 5.64. The van der Waals surface area contributed by atoms with Gasteiger partial charge in [-0.1, -0.05) is 18.2 Å². The van der Waals surface area contributed by atoms with E-state index in [4.69, 9.17) is 5.73 Å². The van der Waals surface area contributed by atoms with Gasteiger partial charge in [0.15, 0.2) is 11.5 Å². The monoisotopic (exact) mass is 226 g/mol. The summed E-state index contributed by atoms with van der Waals surface area (Å²) < 4.78 is 0. The molecule has 1 aromatic carbocycles. The van der Waals surface area contributed by atoms with Gasteiger partial charge in [0.05, 0.1) is 5.39 Å². The van der Waals surface area contributed by atoms with E-state index in [9.17, 15) is 0 Å². The highest BCUT2D eigenvalue weighted by Crippen LogP contribution is 2.17. The largest absolute Gasteiger partial charge is 0.382 e. The Balaban J connectivity index is 1.96. The van der Waals surface area contributed by atoms with Crippen LogP contribution in [0.25, 0.3) is 11.0 Å². The number of aromatic nitrogens is 4. The Morgan fingerprint density at radius 2 is 2.00 bits per heavy atom. The zero-order chi connectivity index (χ0) is 11.7. The van der Waals surface area contributed by atoms with Gasteiger partial charge < -0.3 is 11.1 Å². The van der Waals surface area contributed by atoms with E-state index in [1.54, 1.807) is 6.20 Å². The fraction of sp³-hybridized carbons (Fsp3) is 0. The van der Waals surface area contributed by atoms with Gasteiger partial charge in [-0.2, -0.15) is 10.1 Å². The standard InChI is InChI=1S/C11H10N6/c12-9-8-6-13-11(15-10(8)17-16-9)14-7-4-2-1-3-5-7/h1-6H,(H4,12,13,14,15,16,17). The number of nitrogens with two attached hydrogens (primary N) is 1. The van der Waals surface area contributed by atoms with Crippen molar-refractivity contribution in [1.29, 1.82) is 0 Å². The van der Waals surface area contributed by atoms with E-state index in [1.807, 2.05) is 30.3 Å². The van der Waals surface area contributed by atoms with Crippen molar-refractivity contribution in [2.75, 3.05) is 11.1 Å². The molecular weight excluding hydrogens is 216 g/mol. The second-order valence-corrected chi connectivity index (χ2v) is 3.56. The average molecular weight is 226 g/mol. The predicted octanol–water partition coefficient (Wildman–Crippen LogP) is 1.68. The van der Waals surface area contributed by atoms with Gasteiger partial charge in [0.25, 0.3) is 0 Å². The van der Waals surface area contributed by atoms with Gasteiger partial charge in [-0.05, 0) is 12.1 Å². The molecule has 2 aromatic heterocycles. The minimum atomic E-state index is 0.409. The Morgan fingerprint density at radius 3 is 2.82 bits per heavy atom. The highest BCUT2D eigenvalue weighted by molar-refractivity contribution is 5.85. The van der Waals surface area contributed by atoms with Crippen molar-refractivity contribution in [3.05, 3.63) is 36.5 Å². The first kappa shape index (κ1) is 9.59. The number of hydrogen-bond acceptors (Lipinski definition) is 5. The molecular formula is C11H10N6. The molecule has 0 saturated carbocycles. The van der Waals surface area contributed by atoms with E-state index in [-0.39, 0.29) is 0 Å². The molecule has 3 rings (SSSR count). The molecule has 17 heavy (non-hydrogen) atoms. The number of benzene rings is 1. The van der Waals surface area contributed by atoms with Gasteiger partial charge in [0, 0.05) is 11.9 Å². The third kappa shape index (κ3) is 1.76. The molecule has 0 amide bonds. The van der Waals surface area contributed by atoms with Crippen LogP contribution in [0.1, 0.15) is 0 Å². The van der Waals surface area contributed by atoms with Crippen LogP contribution in [-0.4, -0.2) is 20.2 Å². The van der Waals surface area contributed by atoms with Crippen LogP contribution < -0.4 is 11.1 Å². The van der Waals surface area contributed by atoms with Crippen molar-refractivity contribution in [3.63, 3.8) is 0 Å². The molecule has 2 heterocycles. The molecule has 4 N–H and O–H groups in total. The van der Waals surface area contributed by atoms with Crippen molar-refractivity contribution in [2.24, 2.45) is 0 Å². The number of H-pyrrole nitrogens is 1. The van der Waals surface area contributed by atoms with E-state index in [0.717, 1.165) is 11.1 Å². The van der Waals surface area contributed by atoms with E-state index < -0.39 is 0 Å². The molecule has 84 valence electrons. The maximum absolute atomic E-state index is 5.64. The third-order valence-electron chi connectivity index (χ3n) is 2.38. The molecule has 0 aliphatic rings. The SMILES string of the molecule is Nc1n[nH]c2nc(Nc3ccccc3)ncc12. The zero-order valence-electron chi connectivity index (χ0n) is 8.88. The van der Waals surface area contributed by atoms with Crippen molar-refractivity contribution in [3.8, 4) is 0 Å². The van der Waals surface area contributed by atoms with Crippen LogP contribution in [0.2, 0.25) is 0 Å². The maximum Gasteiger partial charge on any atom is 0.229 e. The highest BCUT2D eigenvalue weighted by Gasteiger charge is 2.05. The topological polar surface area (TPSA) is 92.5 Å². The van der Waals surface area contributed by atoms with Gasteiger partial charge >= 0.3 is 0 Å². The molecule has 0 saturated heterocycles. The van der Waals surface area contributed by atoms with Crippen LogP contribution >= 0.6 is 0 Å². The number of rotatable bonds is 2. The first-order valence-corrected chi connectivity index (χ1v) is 5.11. The summed E-state index contributed by atoms with van der Waals surface area (Å²) in [7, 11) is 0. The van der Waals surface area contributed by atoms with E-state index in [0.29, 0.717) is 17.4 Å². The van der Waals surface area contributed by atoms with Crippen molar-refractivity contribution in [1.82, 2.24) is 20.2 Å². The van der Waals surface area contributed by atoms with Gasteiger partial charge in [0.1, 0.15) is 0 Å². The minimum Gasteiger partial charge on any atom is -0.382 e. The van der Waals surface area contributed by atoms with Crippen LogP contribution in [0.3, 0.4) is 0 Å². The molecule has 0 bridgehead atoms. The lowest BCUT2D eigenvalue weighted by atomic mass is 10.3. The summed E-state index contributed by atoms with van der Waals surface area (Å²) in [6, 6.07) is 9.71. The van der Waals surface area contributed by atoms with Crippen molar-refractivity contribution in [2.45, 2.75) is 0 Å². The van der Waals surface area contributed by atoms with Crippen LogP contribution in [-0.2, 0) is 0 Å². The average Bonchev–Trinajstić information content (AvgIpc) is 2.72. The lowest BCUT2D eigenvalue weighted by molar-refractivity contribution is 1.09. The molecule has 3 aromatic rings. The molecule has 0 unspecified atom stereocenters. The van der Waals surface area contributed by atoms with Gasteiger partial charge in [0.2, 0.25) is 5.95 Å². The molecule has 0 aliphatic heterocycles. The quantitative estimate of drug-likeness (QED) is 0.618. The number of aromatic amines is 1. The summed E-state index contributed by atoms with van der Waals surface area (Å²) in [5.41, 5.74) is 7.19. The normalized spacial score (nSPS) is 10.6. The summed E-state index contributed by atoms with van der Waals surface area (Å²) in [6.45, 7) is 0. The molecule has 0 radical (unpaired) electrons. The molecule has 0 atom stereocenters. The zero-order valence-corrected chi connectivity index (χ0v) is 8.88. The lowest BCUT2D eigenvalue weighted by Gasteiger charge is -2.03. The first-order chi connectivity index (χ1) is 8.33. The van der Waals surface area contributed by atoms with Crippen molar-refractivity contribution < 1.29 is 0 Å². The third-order valence-corrected chi connectivity index (χ3v) is 2.38. The Hall–Kier alpha value is -2.63. The van der Waals surface area contributed by atoms with E-state index >= 15 is 0 Å². The summed E-state index contributed by atoms with van der Waals surface area (Å²) in [5.74, 6) is 0.915. The first-order valence-electron chi connectivity index (χ1n) is 5.11. The second-order valence-electron chi connectivity index (χ2n) is 3.56. The number of anilines is 3. The number of nitrogen functional groups attached to an aromatic ring is 1. The molecule has 6 nitrogen and oxygen atoms in total. The molecule has 0 spiro atoms. The van der Waals surface area contributed by atoms with Crippen LogP contribution in [0.15, 0.2) is 36.5 Å². The summed E-state index contributed by atoms with van der Waals surface area (Å²) >= 11 is 0. The number of para-hydroxylation sites is 1. The summed E-state index contributed by atoms with van der Waals surface area (Å²) in [5, 5.41) is 10.4. The number of nitrogens with zero attached hydrogens (tertiary/aromatic N) is 3. The fourth-order valence-electron chi connectivity index (χ4n) is 1.54. The molecule has 0 fully saturated rings. The van der Waals surface area contributed by atoms with Crippen molar-refractivity contribution >= 4 is 28.5 Å². The minimum absolute atomic E-state index is 0.409.